The van der Waals surface area contributed by atoms with Crippen LogP contribution in [0, 0.1) is 25.2 Å². The first-order valence-electron chi connectivity index (χ1n) is 10.2. The maximum absolute atomic E-state index is 12.5. The van der Waals surface area contributed by atoms with Crippen molar-refractivity contribution in [2.75, 3.05) is 25.7 Å². The highest BCUT2D eigenvalue weighted by Crippen LogP contribution is 2.37. The number of benzene rings is 1. The second-order valence-electron chi connectivity index (χ2n) is 8.12. The number of carbonyl (C=O) groups excluding carboxylic acids is 3. The Morgan fingerprint density at radius 3 is 2.54 bits per heavy atom. The van der Waals surface area contributed by atoms with E-state index in [9.17, 15) is 22.8 Å². The number of ether oxygens (including phenoxy) is 2. The van der Waals surface area contributed by atoms with Crippen LogP contribution in [0.2, 0.25) is 0 Å². The number of urea groups is 1. The van der Waals surface area contributed by atoms with E-state index in [1.165, 1.54) is 32.0 Å². The van der Waals surface area contributed by atoms with Crippen molar-refractivity contribution in [3.63, 3.8) is 0 Å². The molecule has 1 aliphatic heterocycles. The quantitative estimate of drug-likeness (QED) is 0.304. The van der Waals surface area contributed by atoms with Crippen molar-refractivity contribution < 1.29 is 32.3 Å². The zero-order valence-electron chi connectivity index (χ0n) is 19.8. The number of amides is 2. The number of hydrogen-bond acceptors (Lipinski definition) is 8. The number of rotatable bonds is 8. The van der Waals surface area contributed by atoms with Gasteiger partial charge in [-0.1, -0.05) is 30.5 Å². The van der Waals surface area contributed by atoms with Crippen LogP contribution in [0.15, 0.2) is 11.1 Å². The lowest BCUT2D eigenvalue weighted by Gasteiger charge is -2.21. The number of sulfone groups is 1. The Hall–Kier alpha value is -2.94. The zero-order chi connectivity index (χ0) is 26.7. The van der Waals surface area contributed by atoms with E-state index in [-0.39, 0.29) is 29.3 Å². The monoisotopic (exact) mass is 540 g/mol. The molecule has 2 rings (SSSR count). The van der Waals surface area contributed by atoms with E-state index in [0.717, 1.165) is 6.26 Å². The number of thiocarbonyl (C=S) groups is 1. The molecule has 0 fully saturated rings. The molecule has 2 amide bonds. The molecule has 12 heteroatoms. The number of allylic oxidation sites excluding steroid dienone is 2. The maximum Gasteiger partial charge on any atom is 0.341 e. The summed E-state index contributed by atoms with van der Waals surface area (Å²) < 4.78 is 34.3. The molecule has 0 aliphatic carbocycles. The van der Waals surface area contributed by atoms with Crippen LogP contribution < -0.4 is 5.32 Å². The molecule has 2 atom stereocenters. The lowest BCUT2D eigenvalue weighted by Crippen LogP contribution is -2.37. The zero-order valence-corrected chi connectivity index (χ0v) is 22.2. The first-order valence-corrected chi connectivity index (χ1v) is 13.0. The number of cyclic esters (lactones) is 1. The summed E-state index contributed by atoms with van der Waals surface area (Å²) in [7, 11) is -0.835. The molecular formula is C23H25ClN2O7S2. The summed E-state index contributed by atoms with van der Waals surface area (Å²) in [6.07, 6.45) is 8.17. The Kier molecular flexibility index (Phi) is 9.06. The van der Waals surface area contributed by atoms with Gasteiger partial charge in [0, 0.05) is 42.4 Å². The Labute approximate surface area is 214 Å². The predicted molar refractivity (Wildman–Crippen MR) is 136 cm³/mol. The van der Waals surface area contributed by atoms with Crippen molar-refractivity contribution in [2.45, 2.75) is 32.1 Å². The molecular weight excluding hydrogens is 516 g/mol. The van der Waals surface area contributed by atoms with Crippen LogP contribution in [-0.2, 0) is 37.1 Å². The molecule has 188 valence electrons. The Morgan fingerprint density at radius 2 is 2.03 bits per heavy atom. The van der Waals surface area contributed by atoms with Crippen molar-refractivity contribution in [1.82, 2.24) is 4.90 Å². The minimum Gasteiger partial charge on any atom is -0.457 e. The SMILES string of the molecule is C#Cc1c(C)c2c(c(NC(=O)N(C)C)c1C/C=C(/Cl)C(C)C(C(=O)OC=S)S(C)(=O)=O)C(=O)OC2. The molecule has 1 N–H and O–H groups in total. The van der Waals surface area contributed by atoms with Gasteiger partial charge in [0.15, 0.2) is 20.6 Å². The van der Waals surface area contributed by atoms with Gasteiger partial charge in [0.05, 0.1) is 11.3 Å². The van der Waals surface area contributed by atoms with Crippen molar-refractivity contribution in [2.24, 2.45) is 5.92 Å². The van der Waals surface area contributed by atoms with Crippen LogP contribution in [0.5, 0.6) is 0 Å². The van der Waals surface area contributed by atoms with Crippen molar-refractivity contribution in [3.8, 4) is 12.3 Å². The molecule has 2 unspecified atom stereocenters. The minimum absolute atomic E-state index is 0.0193. The van der Waals surface area contributed by atoms with Gasteiger partial charge in [-0.3, -0.25) is 4.79 Å². The van der Waals surface area contributed by atoms with Crippen molar-refractivity contribution in [1.29, 1.82) is 0 Å². The fraction of sp³-hybridized carbons (Fsp3) is 0.391. The third-order valence-electron chi connectivity index (χ3n) is 5.57. The van der Waals surface area contributed by atoms with E-state index in [4.69, 9.17) is 22.8 Å². The van der Waals surface area contributed by atoms with Gasteiger partial charge in [0.25, 0.3) is 0 Å². The average Bonchev–Trinajstić information content (AvgIpc) is 3.14. The van der Waals surface area contributed by atoms with Gasteiger partial charge in [-0.05, 0) is 36.7 Å². The Bertz CT molecular complexity index is 1260. The molecule has 1 aliphatic rings. The van der Waals surface area contributed by atoms with Gasteiger partial charge in [0.1, 0.15) is 6.61 Å². The molecule has 0 spiro atoms. The fourth-order valence-electron chi connectivity index (χ4n) is 3.76. The van der Waals surface area contributed by atoms with Crippen LogP contribution in [-0.4, -0.2) is 62.4 Å². The number of terminal acetylenes is 1. The summed E-state index contributed by atoms with van der Waals surface area (Å²) in [6, 6.07) is -0.497. The lowest BCUT2D eigenvalue weighted by atomic mass is 9.89. The number of esters is 2. The minimum atomic E-state index is -3.90. The van der Waals surface area contributed by atoms with E-state index >= 15 is 0 Å². The number of nitrogens with one attached hydrogen (secondary N) is 1. The summed E-state index contributed by atoms with van der Waals surface area (Å²) in [5.41, 5.74) is 3.13. The average molecular weight is 541 g/mol. The summed E-state index contributed by atoms with van der Waals surface area (Å²) in [6.45, 7) is 3.22. The second kappa shape index (κ2) is 11.2. The number of anilines is 1. The number of nitrogens with zero attached hydrogens (tertiary/aromatic N) is 1. The molecule has 0 saturated carbocycles. The maximum atomic E-state index is 12.5. The van der Waals surface area contributed by atoms with Crippen LogP contribution in [0.25, 0.3) is 0 Å². The molecule has 0 radical (unpaired) electrons. The van der Waals surface area contributed by atoms with Gasteiger partial charge >= 0.3 is 18.0 Å². The number of fused-ring (bicyclic) bond motifs is 1. The third kappa shape index (κ3) is 6.01. The van der Waals surface area contributed by atoms with Crippen LogP contribution in [0.3, 0.4) is 0 Å². The van der Waals surface area contributed by atoms with Gasteiger partial charge < -0.3 is 19.7 Å². The van der Waals surface area contributed by atoms with E-state index in [2.05, 4.69) is 28.2 Å². The first-order chi connectivity index (χ1) is 16.3. The Balaban J connectivity index is 2.62. The van der Waals surface area contributed by atoms with Gasteiger partial charge in [-0.25, -0.2) is 18.0 Å². The summed E-state index contributed by atoms with van der Waals surface area (Å²) in [5, 5.41) is 1.15. The molecule has 1 aromatic rings. The smallest absolute Gasteiger partial charge is 0.341 e. The normalized spacial score (nSPS) is 14.8. The summed E-state index contributed by atoms with van der Waals surface area (Å²) >= 11 is 10.9. The van der Waals surface area contributed by atoms with Crippen LogP contribution >= 0.6 is 23.8 Å². The summed E-state index contributed by atoms with van der Waals surface area (Å²) in [5.74, 6) is -0.0470. The van der Waals surface area contributed by atoms with Gasteiger partial charge in [-0.15, -0.1) is 6.42 Å². The lowest BCUT2D eigenvalue weighted by molar-refractivity contribution is -0.135. The standard InChI is InChI=1S/C23H25ClN2O7S2/c1-7-14-12(2)16-10-32-21(27)18(16)19(25-23(29)26(4)5)15(14)8-9-17(24)13(3)20(35(6,30)31)22(28)33-11-34/h1,9,11,13,20H,8,10H2,2-6H3,(H,25,29)/b17-9+. The highest BCUT2D eigenvalue weighted by Gasteiger charge is 2.37. The molecule has 9 nitrogen and oxygen atoms in total. The molecule has 35 heavy (non-hydrogen) atoms. The predicted octanol–water partition coefficient (Wildman–Crippen LogP) is 2.96. The van der Waals surface area contributed by atoms with E-state index in [1.54, 1.807) is 6.92 Å². The number of carbonyl (C=O) groups is 3. The van der Waals surface area contributed by atoms with Crippen molar-refractivity contribution >= 4 is 62.9 Å². The largest absolute Gasteiger partial charge is 0.457 e. The van der Waals surface area contributed by atoms with Crippen LogP contribution in [0.1, 0.15) is 39.5 Å². The Morgan fingerprint density at radius 1 is 1.40 bits per heavy atom. The molecule has 1 heterocycles. The molecule has 0 aromatic heterocycles. The molecule has 0 bridgehead atoms. The van der Waals surface area contributed by atoms with Crippen LogP contribution in [0.4, 0.5) is 10.5 Å². The highest BCUT2D eigenvalue weighted by atomic mass is 35.5. The van der Waals surface area contributed by atoms with E-state index < -0.39 is 39.0 Å². The van der Waals surface area contributed by atoms with Gasteiger partial charge in [-0.2, -0.15) is 0 Å². The van der Waals surface area contributed by atoms with Gasteiger partial charge in [0.2, 0.25) is 0 Å². The molecule has 1 aromatic carbocycles. The van der Waals surface area contributed by atoms with E-state index in [0.29, 0.717) is 27.8 Å². The second-order valence-corrected chi connectivity index (χ2v) is 10.9. The van der Waals surface area contributed by atoms with Crippen molar-refractivity contribution in [3.05, 3.63) is 38.9 Å². The van der Waals surface area contributed by atoms with E-state index in [1.807, 2.05) is 0 Å². The molecule has 0 saturated heterocycles. The highest BCUT2D eigenvalue weighted by molar-refractivity contribution is 7.92. The third-order valence-corrected chi connectivity index (χ3v) is 7.68. The number of hydrogen-bond donors (Lipinski definition) is 1. The number of halogens is 1. The topological polar surface area (TPSA) is 119 Å². The first kappa shape index (κ1) is 28.3. The fourth-order valence-corrected chi connectivity index (χ4v) is 5.42. The summed E-state index contributed by atoms with van der Waals surface area (Å²) in [4.78, 5) is 38.5.